The summed E-state index contributed by atoms with van der Waals surface area (Å²) in [6.45, 7) is 3.26. The molecule has 1 unspecified atom stereocenters. The zero-order valence-electron chi connectivity index (χ0n) is 9.42. The van der Waals surface area contributed by atoms with Gasteiger partial charge in [0.25, 0.3) is 0 Å². The molecule has 1 heterocycles. The van der Waals surface area contributed by atoms with Crippen molar-refractivity contribution in [3.63, 3.8) is 0 Å². The molecule has 1 saturated heterocycles. The molecule has 1 aliphatic heterocycles. The summed E-state index contributed by atoms with van der Waals surface area (Å²) < 4.78 is 0. The van der Waals surface area contributed by atoms with E-state index < -0.39 is 0 Å². The van der Waals surface area contributed by atoms with Crippen molar-refractivity contribution >= 4 is 6.03 Å². The zero-order valence-corrected chi connectivity index (χ0v) is 9.42. The molecule has 0 aromatic rings. The van der Waals surface area contributed by atoms with Crippen LogP contribution in [0, 0.1) is 5.92 Å². The van der Waals surface area contributed by atoms with Gasteiger partial charge in [0.05, 0.1) is 0 Å². The molecule has 3 heteroatoms. The summed E-state index contributed by atoms with van der Waals surface area (Å²) in [5, 5.41) is 0. The van der Waals surface area contributed by atoms with Gasteiger partial charge in [-0.1, -0.05) is 6.92 Å². The van der Waals surface area contributed by atoms with Crippen LogP contribution < -0.4 is 0 Å². The van der Waals surface area contributed by atoms with Gasteiger partial charge in [-0.25, -0.2) is 4.79 Å². The van der Waals surface area contributed by atoms with Gasteiger partial charge in [-0.2, -0.15) is 0 Å². The van der Waals surface area contributed by atoms with Crippen molar-refractivity contribution in [2.45, 2.75) is 38.1 Å². The van der Waals surface area contributed by atoms with Crippen LogP contribution in [0.2, 0.25) is 0 Å². The smallest absolute Gasteiger partial charge is 0.319 e. The summed E-state index contributed by atoms with van der Waals surface area (Å²) in [6, 6.07) is 0.203. The molecule has 0 N–H and O–H groups in total. The van der Waals surface area contributed by atoms with Crippen LogP contribution in [0.25, 0.3) is 0 Å². The fourth-order valence-electron chi connectivity index (χ4n) is 2.61. The molecular formula is C11H20N2O. The van der Waals surface area contributed by atoms with E-state index in [0.29, 0.717) is 0 Å². The second-order valence-corrected chi connectivity index (χ2v) is 5.15. The Kier molecular flexibility index (Phi) is 2.20. The minimum atomic E-state index is 0.203. The predicted octanol–water partition coefficient (Wildman–Crippen LogP) is 1.93. The Bertz CT molecular complexity index is 246. The highest BCUT2D eigenvalue weighted by Gasteiger charge is 2.52. The second-order valence-electron chi connectivity index (χ2n) is 5.15. The lowest BCUT2D eigenvalue weighted by atomic mass is 9.91. The number of likely N-dealkylation sites (tertiary alicyclic amines) is 1. The number of amides is 2. The van der Waals surface area contributed by atoms with Crippen LogP contribution in [0.3, 0.4) is 0 Å². The molecule has 80 valence electrons. The van der Waals surface area contributed by atoms with Gasteiger partial charge >= 0.3 is 6.03 Å². The first-order valence-corrected chi connectivity index (χ1v) is 5.54. The molecule has 0 bridgehead atoms. The van der Waals surface area contributed by atoms with E-state index in [4.69, 9.17) is 0 Å². The van der Waals surface area contributed by atoms with Gasteiger partial charge in [0.15, 0.2) is 0 Å². The minimum absolute atomic E-state index is 0.203. The van der Waals surface area contributed by atoms with E-state index in [-0.39, 0.29) is 11.6 Å². The molecule has 1 spiro atoms. The second kappa shape index (κ2) is 3.14. The molecule has 0 aromatic carbocycles. The lowest BCUT2D eigenvalue weighted by Gasteiger charge is -2.40. The lowest BCUT2D eigenvalue weighted by molar-refractivity contribution is 0.101. The predicted molar refractivity (Wildman–Crippen MR) is 56.2 cm³/mol. The summed E-state index contributed by atoms with van der Waals surface area (Å²) in [4.78, 5) is 15.7. The molecule has 2 aliphatic rings. The van der Waals surface area contributed by atoms with Crippen LogP contribution in [0.5, 0.6) is 0 Å². The quantitative estimate of drug-likeness (QED) is 0.580. The molecule has 1 atom stereocenters. The largest absolute Gasteiger partial charge is 0.331 e. The highest BCUT2D eigenvalue weighted by molar-refractivity contribution is 5.75. The summed E-state index contributed by atoms with van der Waals surface area (Å²) >= 11 is 0. The lowest BCUT2D eigenvalue weighted by Crippen LogP contribution is -2.51. The maximum absolute atomic E-state index is 11.9. The number of rotatable bonds is 0. The Morgan fingerprint density at radius 2 is 2.07 bits per heavy atom. The monoisotopic (exact) mass is 196 g/mol. The normalized spacial score (nSPS) is 29.1. The van der Waals surface area contributed by atoms with Gasteiger partial charge < -0.3 is 9.80 Å². The number of carbonyl (C=O) groups is 1. The summed E-state index contributed by atoms with van der Waals surface area (Å²) in [6.07, 6.45) is 4.82. The minimum Gasteiger partial charge on any atom is -0.331 e. The summed E-state index contributed by atoms with van der Waals surface area (Å²) in [5.41, 5.74) is 0.263. The molecule has 14 heavy (non-hydrogen) atoms. The average Bonchev–Trinajstić information content (AvgIpc) is 2.84. The first kappa shape index (κ1) is 9.81. The maximum Gasteiger partial charge on any atom is 0.319 e. The molecule has 0 radical (unpaired) electrons. The molecule has 1 aliphatic carbocycles. The Hall–Kier alpha value is -0.730. The summed E-state index contributed by atoms with van der Waals surface area (Å²) in [5.74, 6) is 0.795. The van der Waals surface area contributed by atoms with Crippen molar-refractivity contribution in [3.05, 3.63) is 0 Å². The average molecular weight is 196 g/mol. The number of hydrogen-bond donors (Lipinski definition) is 0. The molecule has 3 nitrogen and oxygen atoms in total. The van der Waals surface area contributed by atoms with E-state index in [1.165, 1.54) is 25.7 Å². The number of hydrogen-bond acceptors (Lipinski definition) is 1. The fraction of sp³-hybridized carbons (Fsp3) is 0.909. The Balaban J connectivity index is 2.08. The van der Waals surface area contributed by atoms with Crippen LogP contribution in [0.1, 0.15) is 32.6 Å². The van der Waals surface area contributed by atoms with Gasteiger partial charge in [0.2, 0.25) is 0 Å². The summed E-state index contributed by atoms with van der Waals surface area (Å²) in [7, 11) is 3.69. The first-order chi connectivity index (χ1) is 6.55. The SMILES string of the molecule is CC1CCN(C(=O)N(C)C)C2(CC2)C1. The third-order valence-electron chi connectivity index (χ3n) is 3.59. The van der Waals surface area contributed by atoms with E-state index in [9.17, 15) is 4.79 Å². The molecule has 2 amide bonds. The van der Waals surface area contributed by atoms with Crippen LogP contribution in [0.15, 0.2) is 0 Å². The third kappa shape index (κ3) is 1.49. The van der Waals surface area contributed by atoms with E-state index in [0.717, 1.165) is 12.5 Å². The first-order valence-electron chi connectivity index (χ1n) is 5.54. The van der Waals surface area contributed by atoms with Gasteiger partial charge in [0.1, 0.15) is 0 Å². The number of nitrogens with zero attached hydrogens (tertiary/aromatic N) is 2. The van der Waals surface area contributed by atoms with Crippen molar-refractivity contribution in [3.8, 4) is 0 Å². The van der Waals surface area contributed by atoms with E-state index in [2.05, 4.69) is 11.8 Å². The van der Waals surface area contributed by atoms with Crippen LogP contribution >= 0.6 is 0 Å². The van der Waals surface area contributed by atoms with Crippen LogP contribution in [-0.4, -0.2) is 42.0 Å². The molecule has 0 aromatic heterocycles. The molecule has 2 fully saturated rings. The fourth-order valence-corrected chi connectivity index (χ4v) is 2.61. The Morgan fingerprint density at radius 1 is 1.43 bits per heavy atom. The van der Waals surface area contributed by atoms with E-state index in [1.807, 2.05) is 14.1 Å². The highest BCUT2D eigenvalue weighted by Crippen LogP contribution is 2.50. The van der Waals surface area contributed by atoms with Crippen LogP contribution in [0.4, 0.5) is 4.79 Å². The van der Waals surface area contributed by atoms with Crippen molar-refractivity contribution in [1.29, 1.82) is 0 Å². The Labute approximate surface area is 86.1 Å². The van der Waals surface area contributed by atoms with Crippen molar-refractivity contribution in [2.75, 3.05) is 20.6 Å². The third-order valence-corrected chi connectivity index (χ3v) is 3.59. The number of carbonyl (C=O) groups excluding carboxylic acids is 1. The van der Waals surface area contributed by atoms with Gasteiger partial charge in [0, 0.05) is 26.2 Å². The number of piperidine rings is 1. The van der Waals surface area contributed by atoms with Crippen LogP contribution in [-0.2, 0) is 0 Å². The van der Waals surface area contributed by atoms with Gasteiger partial charge in [-0.3, -0.25) is 0 Å². The standard InChI is InChI=1S/C11H20N2O/c1-9-4-7-13(10(14)12(2)3)11(8-9)5-6-11/h9H,4-8H2,1-3H3. The molecule has 1 saturated carbocycles. The van der Waals surface area contributed by atoms with E-state index in [1.54, 1.807) is 4.90 Å². The van der Waals surface area contributed by atoms with Crippen molar-refractivity contribution in [1.82, 2.24) is 9.80 Å². The topological polar surface area (TPSA) is 23.6 Å². The van der Waals surface area contributed by atoms with Crippen molar-refractivity contribution < 1.29 is 4.79 Å². The highest BCUT2D eigenvalue weighted by atomic mass is 16.2. The van der Waals surface area contributed by atoms with Gasteiger partial charge in [-0.05, 0) is 31.6 Å². The van der Waals surface area contributed by atoms with E-state index >= 15 is 0 Å². The maximum atomic E-state index is 11.9. The zero-order chi connectivity index (χ0) is 10.3. The molecular weight excluding hydrogens is 176 g/mol. The number of urea groups is 1. The van der Waals surface area contributed by atoms with Crippen molar-refractivity contribution in [2.24, 2.45) is 5.92 Å². The van der Waals surface area contributed by atoms with Gasteiger partial charge in [-0.15, -0.1) is 0 Å². The molecule has 2 rings (SSSR count). The Morgan fingerprint density at radius 3 is 2.57 bits per heavy atom.